The van der Waals surface area contributed by atoms with Crippen molar-refractivity contribution in [2.45, 2.75) is 11.4 Å². The minimum Gasteiger partial charge on any atom is -0.224 e. The number of thiazole rings is 1. The van der Waals surface area contributed by atoms with Gasteiger partial charge in [-0.2, -0.15) is 9.83 Å². The second-order valence-corrected chi connectivity index (χ2v) is 4.90. The fourth-order valence-corrected chi connectivity index (χ4v) is 2.29. The highest BCUT2D eigenvalue weighted by atomic mass is 32.2. The van der Waals surface area contributed by atoms with E-state index in [-0.39, 0.29) is 0 Å². The van der Waals surface area contributed by atoms with Crippen LogP contribution in [0.15, 0.2) is 34.8 Å². The van der Waals surface area contributed by atoms with Crippen LogP contribution in [0.25, 0.3) is 0 Å². The quantitative estimate of drug-likeness (QED) is 0.617. The molecule has 16 heavy (non-hydrogen) atoms. The van der Waals surface area contributed by atoms with Crippen LogP contribution in [0.4, 0.5) is 0 Å². The molecule has 0 spiro atoms. The first-order valence-electron chi connectivity index (χ1n) is 4.69. The normalized spacial score (nSPS) is 10.0. The number of pyridine rings is 1. The van der Waals surface area contributed by atoms with Crippen LogP contribution in [0.3, 0.4) is 0 Å². The molecule has 0 atom stereocenters. The topological polar surface area (TPSA) is 40.6 Å². The minimum atomic E-state index is 0.524. The average molecular weight is 248 g/mol. The van der Waals surface area contributed by atoms with Gasteiger partial charge in [-0.05, 0) is 6.26 Å². The van der Waals surface area contributed by atoms with Gasteiger partial charge < -0.3 is 0 Å². The van der Waals surface area contributed by atoms with E-state index in [4.69, 9.17) is 5.26 Å². The lowest BCUT2D eigenvalue weighted by Gasteiger charge is -1.95. The van der Waals surface area contributed by atoms with Gasteiger partial charge in [0, 0.05) is 22.4 Å². The van der Waals surface area contributed by atoms with Crippen LogP contribution >= 0.6 is 23.1 Å². The Balaban J connectivity index is 2.11. The van der Waals surface area contributed by atoms with Gasteiger partial charge in [0.25, 0.3) is 0 Å². The van der Waals surface area contributed by atoms with Crippen molar-refractivity contribution in [3.05, 3.63) is 40.6 Å². The number of hydrogen-bond acceptors (Lipinski definition) is 4. The molecule has 0 amide bonds. The van der Waals surface area contributed by atoms with Crippen molar-refractivity contribution in [2.24, 2.45) is 0 Å². The third kappa shape index (κ3) is 2.60. The van der Waals surface area contributed by atoms with Crippen molar-refractivity contribution in [3.8, 4) is 6.07 Å². The van der Waals surface area contributed by atoms with Crippen molar-refractivity contribution in [3.63, 3.8) is 0 Å². The first-order valence-corrected chi connectivity index (χ1v) is 6.80. The van der Waals surface area contributed by atoms with Crippen LogP contribution in [0.2, 0.25) is 0 Å². The summed E-state index contributed by atoms with van der Waals surface area (Å²) in [5.41, 5.74) is 0.934. The fraction of sp³-hybridized carbons (Fsp3) is 0.182. The molecule has 2 aromatic rings. The molecular weight excluding hydrogens is 238 g/mol. The van der Waals surface area contributed by atoms with Gasteiger partial charge in [0.2, 0.25) is 0 Å². The fourth-order valence-electron chi connectivity index (χ4n) is 1.30. The highest BCUT2D eigenvalue weighted by molar-refractivity contribution is 7.98. The standard InChI is InChI=1S/C11H10N3S2/c1-15-10-2-4-14(5-3-10)7-9-8-16-11(6-12)13-9/h2-5,8H,7H2,1H3/q+1. The van der Waals surface area contributed by atoms with Crippen LogP contribution in [-0.4, -0.2) is 11.2 Å². The monoisotopic (exact) mass is 248 g/mol. The van der Waals surface area contributed by atoms with Gasteiger partial charge in [-0.15, -0.1) is 23.1 Å². The Kier molecular flexibility index (Phi) is 3.54. The zero-order valence-corrected chi connectivity index (χ0v) is 10.4. The molecule has 0 N–H and O–H groups in total. The number of hydrogen-bond donors (Lipinski definition) is 0. The summed E-state index contributed by atoms with van der Waals surface area (Å²) in [6, 6.07) is 6.19. The van der Waals surface area contributed by atoms with Crippen molar-refractivity contribution in [2.75, 3.05) is 6.26 Å². The first-order chi connectivity index (χ1) is 7.81. The summed E-state index contributed by atoms with van der Waals surface area (Å²) in [5, 5.41) is 11.1. The Hall–Kier alpha value is -1.38. The Morgan fingerprint density at radius 3 is 2.81 bits per heavy atom. The smallest absolute Gasteiger partial charge is 0.194 e. The van der Waals surface area contributed by atoms with Crippen LogP contribution in [0.1, 0.15) is 10.7 Å². The summed E-state index contributed by atoms with van der Waals surface area (Å²) in [4.78, 5) is 5.44. The molecule has 3 nitrogen and oxygen atoms in total. The predicted molar refractivity (Wildman–Crippen MR) is 64.3 cm³/mol. The van der Waals surface area contributed by atoms with Crippen LogP contribution in [-0.2, 0) is 6.54 Å². The van der Waals surface area contributed by atoms with Gasteiger partial charge in [-0.25, -0.2) is 4.98 Å². The van der Waals surface area contributed by atoms with Gasteiger partial charge in [0.15, 0.2) is 23.9 Å². The molecule has 0 radical (unpaired) electrons. The molecule has 2 rings (SSSR count). The van der Waals surface area contributed by atoms with E-state index in [9.17, 15) is 0 Å². The second-order valence-electron chi connectivity index (χ2n) is 3.17. The lowest BCUT2D eigenvalue weighted by molar-refractivity contribution is -0.689. The van der Waals surface area contributed by atoms with Gasteiger partial charge in [0.05, 0.1) is 0 Å². The van der Waals surface area contributed by atoms with Crippen molar-refractivity contribution in [1.82, 2.24) is 4.98 Å². The largest absolute Gasteiger partial charge is 0.224 e. The molecule has 0 aliphatic heterocycles. The Morgan fingerprint density at radius 2 is 2.25 bits per heavy atom. The molecule has 2 aromatic heterocycles. The molecule has 0 aliphatic rings. The zero-order chi connectivity index (χ0) is 11.4. The summed E-state index contributed by atoms with van der Waals surface area (Å²) >= 11 is 3.11. The SMILES string of the molecule is CSc1cc[n+](Cc2csc(C#N)n2)cc1. The highest BCUT2D eigenvalue weighted by Gasteiger charge is 2.06. The minimum absolute atomic E-state index is 0.524. The molecule has 5 heteroatoms. The molecule has 80 valence electrons. The molecule has 2 heterocycles. The van der Waals surface area contributed by atoms with E-state index in [0.29, 0.717) is 11.6 Å². The van der Waals surface area contributed by atoms with Crippen molar-refractivity contribution >= 4 is 23.1 Å². The van der Waals surface area contributed by atoms with Gasteiger partial charge >= 0.3 is 0 Å². The molecule has 0 fully saturated rings. The van der Waals surface area contributed by atoms with E-state index in [1.54, 1.807) is 11.8 Å². The predicted octanol–water partition coefficient (Wildman–Crippen LogP) is 2.07. The Bertz CT molecular complexity index is 511. The lowest BCUT2D eigenvalue weighted by Crippen LogP contribution is -2.33. The molecule has 0 saturated heterocycles. The Morgan fingerprint density at radius 1 is 1.50 bits per heavy atom. The second kappa shape index (κ2) is 5.10. The molecular formula is C11H10N3S2+. The number of nitriles is 1. The Labute approximate surface area is 102 Å². The van der Waals surface area contributed by atoms with E-state index >= 15 is 0 Å². The maximum atomic E-state index is 8.67. The third-order valence-corrected chi connectivity index (χ3v) is 3.63. The van der Waals surface area contributed by atoms with Gasteiger partial charge in [0.1, 0.15) is 11.8 Å². The molecule has 0 saturated carbocycles. The summed E-state index contributed by atoms with van der Waals surface area (Å²) in [6.07, 6.45) is 6.10. The summed E-state index contributed by atoms with van der Waals surface area (Å²) in [5.74, 6) is 0. The number of aromatic nitrogens is 2. The van der Waals surface area contributed by atoms with Crippen LogP contribution in [0, 0.1) is 11.3 Å². The maximum absolute atomic E-state index is 8.67. The average Bonchev–Trinajstić information content (AvgIpc) is 2.78. The molecule has 0 aliphatic carbocycles. The van der Waals surface area contributed by atoms with E-state index in [0.717, 1.165) is 5.69 Å². The lowest BCUT2D eigenvalue weighted by atomic mass is 10.4. The van der Waals surface area contributed by atoms with E-state index in [1.807, 2.05) is 23.8 Å². The van der Waals surface area contributed by atoms with Crippen molar-refractivity contribution in [1.29, 1.82) is 5.26 Å². The summed E-state index contributed by atoms with van der Waals surface area (Å²) in [7, 11) is 0. The van der Waals surface area contributed by atoms with Crippen LogP contribution < -0.4 is 4.57 Å². The molecule has 0 aromatic carbocycles. The van der Waals surface area contributed by atoms with Crippen LogP contribution in [0.5, 0.6) is 0 Å². The summed E-state index contributed by atoms with van der Waals surface area (Å²) in [6.45, 7) is 0.715. The van der Waals surface area contributed by atoms with E-state index < -0.39 is 0 Å². The highest BCUT2D eigenvalue weighted by Crippen LogP contribution is 2.11. The van der Waals surface area contributed by atoms with Crippen molar-refractivity contribution < 1.29 is 4.57 Å². The zero-order valence-electron chi connectivity index (χ0n) is 8.75. The van der Waals surface area contributed by atoms with Gasteiger partial charge in [-0.3, -0.25) is 0 Å². The number of thioether (sulfide) groups is 1. The first kappa shape index (κ1) is 11.1. The maximum Gasteiger partial charge on any atom is 0.194 e. The van der Waals surface area contributed by atoms with E-state index in [2.05, 4.69) is 27.9 Å². The number of nitrogens with zero attached hydrogens (tertiary/aromatic N) is 3. The van der Waals surface area contributed by atoms with Gasteiger partial charge in [-0.1, -0.05) is 0 Å². The third-order valence-electron chi connectivity index (χ3n) is 2.09. The molecule has 0 bridgehead atoms. The summed E-state index contributed by atoms with van der Waals surface area (Å²) < 4.78 is 2.05. The number of rotatable bonds is 3. The molecule has 0 unspecified atom stereocenters. The van der Waals surface area contributed by atoms with E-state index in [1.165, 1.54) is 16.2 Å².